The highest BCUT2D eigenvalue weighted by Gasteiger charge is 1.98. The van der Waals surface area contributed by atoms with Crippen LogP contribution in [0.4, 0.5) is 4.79 Å². The van der Waals surface area contributed by atoms with Crippen LogP contribution in [-0.4, -0.2) is 23.3 Å². The number of amides is 1. The Hall–Kier alpha value is -0.0500. The van der Waals surface area contributed by atoms with E-state index >= 15 is 0 Å². The van der Waals surface area contributed by atoms with Gasteiger partial charge in [-0.1, -0.05) is 6.92 Å². The van der Waals surface area contributed by atoms with E-state index in [9.17, 15) is 4.79 Å². The smallest absolute Gasteiger partial charge is 0.289 e. The van der Waals surface area contributed by atoms with Gasteiger partial charge in [0, 0.05) is 29.5 Å². The van der Waals surface area contributed by atoms with Crippen LogP contribution in [0.15, 0.2) is 0 Å². The van der Waals surface area contributed by atoms with E-state index in [-0.39, 0.29) is 4.82 Å². The Labute approximate surface area is 58.0 Å². The molecule has 0 saturated carbocycles. The van der Waals surface area contributed by atoms with Crippen LogP contribution in [0.5, 0.6) is 0 Å². The fourth-order valence-electron chi connectivity index (χ4n) is 0.423. The maximum Gasteiger partial charge on any atom is 0.289 e. The lowest BCUT2D eigenvalue weighted by molar-refractivity contribution is 0.235. The number of nitrogens with zero attached hydrogens (tertiary/aromatic N) is 1. The minimum absolute atomic E-state index is 0.0423. The van der Waals surface area contributed by atoms with E-state index in [1.807, 2.05) is 6.92 Å². The Kier molecular flexibility index (Phi) is 3.87. The zero-order valence-corrected chi connectivity index (χ0v) is 6.73. The molecule has 0 rings (SSSR count). The number of rotatable bonds is 2. The summed E-state index contributed by atoms with van der Waals surface area (Å²) in [6.45, 7) is 2.86. The molecule has 0 heterocycles. The zero-order chi connectivity index (χ0) is 6.57. The summed E-state index contributed by atoms with van der Waals surface area (Å²) in [5, 5.41) is 0. The van der Waals surface area contributed by atoms with Gasteiger partial charge in [0.25, 0.3) is 4.82 Å². The van der Waals surface area contributed by atoms with Crippen LogP contribution in [-0.2, 0) is 0 Å². The van der Waals surface area contributed by atoms with E-state index in [0.717, 1.165) is 13.0 Å². The van der Waals surface area contributed by atoms with Gasteiger partial charge in [-0.2, -0.15) is 0 Å². The van der Waals surface area contributed by atoms with Gasteiger partial charge in [-0.15, -0.1) is 0 Å². The summed E-state index contributed by atoms with van der Waals surface area (Å²) in [6.07, 6.45) is 1.01. The van der Waals surface area contributed by atoms with Crippen LogP contribution < -0.4 is 0 Å². The predicted molar refractivity (Wildman–Crippen MR) is 37.2 cm³/mol. The third kappa shape index (κ3) is 3.02. The summed E-state index contributed by atoms with van der Waals surface area (Å²) in [5.41, 5.74) is 0. The van der Waals surface area contributed by atoms with E-state index in [4.69, 9.17) is 0 Å². The van der Waals surface area contributed by atoms with E-state index < -0.39 is 0 Å². The van der Waals surface area contributed by atoms with Crippen LogP contribution in [0.25, 0.3) is 0 Å². The van der Waals surface area contributed by atoms with Crippen LogP contribution in [0.2, 0.25) is 0 Å². The van der Waals surface area contributed by atoms with Crippen LogP contribution in [0, 0.1) is 0 Å². The molecule has 0 fully saturated rings. The first-order valence-corrected chi connectivity index (χ1v) is 3.38. The van der Waals surface area contributed by atoms with E-state index in [1.54, 1.807) is 11.9 Å². The molecule has 0 aliphatic rings. The highest BCUT2D eigenvalue weighted by atomic mass is 79.9. The first-order chi connectivity index (χ1) is 3.68. The van der Waals surface area contributed by atoms with Gasteiger partial charge in [0.2, 0.25) is 0 Å². The lowest BCUT2D eigenvalue weighted by Crippen LogP contribution is -2.20. The van der Waals surface area contributed by atoms with Crippen molar-refractivity contribution in [3.05, 3.63) is 0 Å². The number of hydrogen-bond donors (Lipinski definition) is 0. The topological polar surface area (TPSA) is 20.3 Å². The van der Waals surface area contributed by atoms with Crippen molar-refractivity contribution in [2.75, 3.05) is 13.6 Å². The SMILES string of the molecule is CCCN(C)C(=O)Br. The fourth-order valence-corrected chi connectivity index (χ4v) is 0.601. The van der Waals surface area contributed by atoms with Crippen molar-refractivity contribution in [2.24, 2.45) is 0 Å². The normalized spacial score (nSPS) is 8.88. The molecule has 0 aliphatic heterocycles. The molecule has 0 N–H and O–H groups in total. The van der Waals surface area contributed by atoms with Gasteiger partial charge in [-0.05, 0) is 6.42 Å². The van der Waals surface area contributed by atoms with Gasteiger partial charge >= 0.3 is 0 Å². The third-order valence-corrected chi connectivity index (χ3v) is 1.46. The lowest BCUT2D eigenvalue weighted by atomic mass is 10.5. The van der Waals surface area contributed by atoms with Crippen LogP contribution in [0.3, 0.4) is 0 Å². The van der Waals surface area contributed by atoms with Crippen molar-refractivity contribution in [3.8, 4) is 0 Å². The van der Waals surface area contributed by atoms with E-state index in [2.05, 4.69) is 15.9 Å². The average molecular weight is 180 g/mol. The maximum atomic E-state index is 10.4. The molecule has 0 bridgehead atoms. The van der Waals surface area contributed by atoms with E-state index in [1.165, 1.54) is 0 Å². The van der Waals surface area contributed by atoms with Crippen molar-refractivity contribution in [1.29, 1.82) is 0 Å². The highest BCUT2D eigenvalue weighted by molar-refractivity contribution is 9.18. The largest absolute Gasteiger partial charge is 0.336 e. The molecule has 8 heavy (non-hydrogen) atoms. The molecule has 0 aromatic carbocycles. The summed E-state index contributed by atoms with van der Waals surface area (Å²) in [5.74, 6) is 0. The van der Waals surface area contributed by atoms with E-state index in [0.29, 0.717) is 0 Å². The second kappa shape index (κ2) is 3.89. The minimum Gasteiger partial charge on any atom is -0.336 e. The molecule has 0 atom stereocenters. The van der Waals surface area contributed by atoms with Crippen molar-refractivity contribution in [1.82, 2.24) is 4.90 Å². The van der Waals surface area contributed by atoms with Crippen molar-refractivity contribution in [3.63, 3.8) is 0 Å². The average Bonchev–Trinajstić information content (AvgIpc) is 1.67. The maximum absolute atomic E-state index is 10.4. The molecular weight excluding hydrogens is 170 g/mol. The molecular formula is C5H10BrNO. The number of carbonyl (C=O) groups is 1. The summed E-state index contributed by atoms with van der Waals surface area (Å²) in [7, 11) is 1.76. The summed E-state index contributed by atoms with van der Waals surface area (Å²) in [4.78, 5) is 12.0. The second-order valence-electron chi connectivity index (χ2n) is 1.67. The fraction of sp³-hybridized carbons (Fsp3) is 0.800. The Bertz CT molecular complexity index is 84.5. The van der Waals surface area contributed by atoms with Crippen molar-refractivity contribution in [2.45, 2.75) is 13.3 Å². The monoisotopic (exact) mass is 179 g/mol. The number of carbonyl (C=O) groups excluding carboxylic acids is 1. The molecule has 0 aromatic heterocycles. The summed E-state index contributed by atoms with van der Waals surface area (Å²) < 4.78 is 0. The Morgan fingerprint density at radius 1 is 1.75 bits per heavy atom. The van der Waals surface area contributed by atoms with Gasteiger partial charge in [0.05, 0.1) is 0 Å². The van der Waals surface area contributed by atoms with Gasteiger partial charge < -0.3 is 4.90 Å². The molecule has 1 amide bonds. The molecule has 48 valence electrons. The first-order valence-electron chi connectivity index (χ1n) is 2.59. The van der Waals surface area contributed by atoms with Gasteiger partial charge in [-0.3, -0.25) is 4.79 Å². The molecule has 0 aromatic rings. The highest BCUT2D eigenvalue weighted by Crippen LogP contribution is 1.94. The first kappa shape index (κ1) is 7.95. The second-order valence-corrected chi connectivity index (χ2v) is 2.35. The summed E-state index contributed by atoms with van der Waals surface area (Å²) >= 11 is 2.83. The predicted octanol–water partition coefficient (Wildman–Crippen LogP) is 1.84. The Balaban J connectivity index is 3.32. The van der Waals surface area contributed by atoms with Gasteiger partial charge in [0.15, 0.2) is 0 Å². The Morgan fingerprint density at radius 3 is 2.38 bits per heavy atom. The quantitative estimate of drug-likeness (QED) is 0.469. The van der Waals surface area contributed by atoms with Crippen LogP contribution in [0.1, 0.15) is 13.3 Å². The number of hydrogen-bond acceptors (Lipinski definition) is 1. The standard InChI is InChI=1S/C5H10BrNO/c1-3-4-7(2)5(6)8/h3-4H2,1-2H3. The van der Waals surface area contributed by atoms with Crippen LogP contribution >= 0.6 is 15.9 Å². The molecule has 0 saturated heterocycles. The van der Waals surface area contributed by atoms with Gasteiger partial charge in [-0.25, -0.2) is 0 Å². The van der Waals surface area contributed by atoms with Crippen molar-refractivity contribution < 1.29 is 4.79 Å². The van der Waals surface area contributed by atoms with Gasteiger partial charge in [0.1, 0.15) is 0 Å². The number of halogens is 1. The Morgan fingerprint density at radius 2 is 2.25 bits per heavy atom. The summed E-state index contributed by atoms with van der Waals surface area (Å²) in [6, 6.07) is 0. The minimum atomic E-state index is -0.0423. The molecule has 0 aliphatic carbocycles. The van der Waals surface area contributed by atoms with Crippen molar-refractivity contribution >= 4 is 20.7 Å². The molecule has 2 nitrogen and oxygen atoms in total. The third-order valence-electron chi connectivity index (χ3n) is 0.859. The molecule has 3 heteroatoms. The molecule has 0 unspecified atom stereocenters. The molecule has 0 radical (unpaired) electrons. The zero-order valence-electron chi connectivity index (χ0n) is 5.15. The molecule has 0 spiro atoms. The lowest BCUT2D eigenvalue weighted by Gasteiger charge is -2.10.